The summed E-state index contributed by atoms with van der Waals surface area (Å²) in [6, 6.07) is 12.5. The topological polar surface area (TPSA) is 67.9 Å². The van der Waals surface area contributed by atoms with Gasteiger partial charge in [0.2, 0.25) is 11.8 Å². The van der Waals surface area contributed by atoms with E-state index in [0.717, 1.165) is 11.3 Å². The van der Waals surface area contributed by atoms with Crippen LogP contribution in [0.4, 0.5) is 4.39 Å². The second-order valence-electron chi connectivity index (χ2n) is 8.09. The Morgan fingerprint density at radius 2 is 1.62 bits per heavy atom. The Kier molecular flexibility index (Phi) is 9.98. The average Bonchev–Trinajstić information content (AvgIpc) is 2.79. The highest BCUT2D eigenvalue weighted by Gasteiger charge is 2.25. The lowest BCUT2D eigenvalue weighted by atomic mass is 10.1. The third-order valence-electron chi connectivity index (χ3n) is 4.98. The van der Waals surface area contributed by atoms with Gasteiger partial charge >= 0.3 is 0 Å². The molecule has 0 aliphatic carbocycles. The Balaban J connectivity index is 1.96. The van der Waals surface area contributed by atoms with Gasteiger partial charge in [-0.2, -0.15) is 0 Å². The van der Waals surface area contributed by atoms with Crippen molar-refractivity contribution >= 4 is 11.8 Å². The quantitative estimate of drug-likeness (QED) is 0.499. The Hall–Kier alpha value is -3.09. The summed E-state index contributed by atoms with van der Waals surface area (Å²) in [5, 5.41) is 2.88. The molecule has 0 radical (unpaired) electrons. The maximum Gasteiger partial charge on any atom is 0.242 e. The van der Waals surface area contributed by atoms with E-state index in [4.69, 9.17) is 9.47 Å². The van der Waals surface area contributed by atoms with Gasteiger partial charge in [-0.25, -0.2) is 4.39 Å². The van der Waals surface area contributed by atoms with E-state index in [2.05, 4.69) is 5.32 Å². The van der Waals surface area contributed by atoms with Crippen molar-refractivity contribution in [1.29, 1.82) is 0 Å². The van der Waals surface area contributed by atoms with E-state index in [1.807, 2.05) is 38.1 Å². The molecule has 0 saturated heterocycles. The van der Waals surface area contributed by atoms with Gasteiger partial charge in [0.05, 0.1) is 13.7 Å². The number of ether oxygens (including phenoxy) is 2. The van der Waals surface area contributed by atoms with E-state index in [0.29, 0.717) is 31.2 Å². The molecule has 2 rings (SSSR count). The Morgan fingerprint density at radius 1 is 1.00 bits per heavy atom. The number of halogens is 1. The van der Waals surface area contributed by atoms with E-state index in [9.17, 15) is 14.0 Å². The lowest BCUT2D eigenvalue weighted by Gasteiger charge is -2.29. The number of benzene rings is 2. The largest absolute Gasteiger partial charge is 0.497 e. The monoisotopic (exact) mass is 444 g/mol. The van der Waals surface area contributed by atoms with Crippen LogP contribution in [0.25, 0.3) is 0 Å². The molecule has 0 aliphatic heterocycles. The van der Waals surface area contributed by atoms with Crippen LogP contribution < -0.4 is 14.8 Å². The van der Waals surface area contributed by atoms with Crippen LogP contribution in [0.5, 0.6) is 11.5 Å². The number of rotatable bonds is 12. The molecule has 0 saturated carbocycles. The molecule has 2 aromatic rings. The molecular weight excluding hydrogens is 411 g/mol. The molecule has 0 fully saturated rings. The van der Waals surface area contributed by atoms with Gasteiger partial charge in [0.15, 0.2) is 0 Å². The van der Waals surface area contributed by atoms with Crippen molar-refractivity contribution in [3.05, 3.63) is 59.9 Å². The third-order valence-corrected chi connectivity index (χ3v) is 4.98. The van der Waals surface area contributed by atoms with Crippen molar-refractivity contribution in [3.8, 4) is 11.5 Å². The minimum atomic E-state index is -0.645. The Bertz CT molecular complexity index is 853. The summed E-state index contributed by atoms with van der Waals surface area (Å²) in [5.41, 5.74) is 0.762. The molecule has 174 valence electrons. The standard InChI is InChI=1S/C25H33FN2O4/c1-18(2)16-27-25(30)19(3)28(17-20-7-9-21(26)10-8-20)24(29)6-5-15-32-23-13-11-22(31-4)12-14-23/h7-14,18-19H,5-6,15-17H2,1-4H3,(H,27,30). The fourth-order valence-corrected chi connectivity index (χ4v) is 3.05. The number of methoxy groups -OCH3 is 1. The van der Waals surface area contributed by atoms with Gasteiger partial charge in [0.25, 0.3) is 0 Å². The van der Waals surface area contributed by atoms with Crippen molar-refractivity contribution in [2.75, 3.05) is 20.3 Å². The first-order chi connectivity index (χ1) is 15.3. The summed E-state index contributed by atoms with van der Waals surface area (Å²) in [6.45, 7) is 6.87. The maximum atomic E-state index is 13.3. The van der Waals surface area contributed by atoms with Crippen molar-refractivity contribution < 1.29 is 23.5 Å². The van der Waals surface area contributed by atoms with Gasteiger partial charge in [-0.05, 0) is 61.2 Å². The van der Waals surface area contributed by atoms with Gasteiger partial charge in [-0.3, -0.25) is 9.59 Å². The van der Waals surface area contributed by atoms with E-state index < -0.39 is 6.04 Å². The molecule has 32 heavy (non-hydrogen) atoms. The first-order valence-corrected chi connectivity index (χ1v) is 10.9. The van der Waals surface area contributed by atoms with E-state index in [-0.39, 0.29) is 30.6 Å². The fraction of sp³-hybridized carbons (Fsp3) is 0.440. The van der Waals surface area contributed by atoms with Crippen molar-refractivity contribution in [2.45, 2.75) is 46.2 Å². The molecular formula is C25H33FN2O4. The Labute approximate surface area is 189 Å². The molecule has 0 aromatic heterocycles. The third kappa shape index (κ3) is 8.21. The smallest absolute Gasteiger partial charge is 0.242 e. The summed E-state index contributed by atoms with van der Waals surface area (Å²) >= 11 is 0. The Morgan fingerprint density at radius 3 is 2.22 bits per heavy atom. The minimum Gasteiger partial charge on any atom is -0.497 e. The molecule has 7 heteroatoms. The van der Waals surface area contributed by atoms with Crippen LogP contribution >= 0.6 is 0 Å². The molecule has 0 bridgehead atoms. The number of hydrogen-bond donors (Lipinski definition) is 1. The lowest BCUT2D eigenvalue weighted by Crippen LogP contribution is -2.48. The number of carbonyl (C=O) groups is 2. The number of hydrogen-bond acceptors (Lipinski definition) is 4. The van der Waals surface area contributed by atoms with Crippen LogP contribution in [0.3, 0.4) is 0 Å². The van der Waals surface area contributed by atoms with Gasteiger partial charge in [-0.15, -0.1) is 0 Å². The summed E-state index contributed by atoms with van der Waals surface area (Å²) in [6.07, 6.45) is 0.740. The number of carbonyl (C=O) groups excluding carboxylic acids is 2. The molecule has 1 atom stereocenters. The van der Waals surface area contributed by atoms with Gasteiger partial charge < -0.3 is 19.7 Å². The normalized spacial score (nSPS) is 11.7. The molecule has 0 spiro atoms. The second-order valence-corrected chi connectivity index (χ2v) is 8.09. The van der Waals surface area contributed by atoms with Gasteiger partial charge in [0, 0.05) is 19.5 Å². The molecule has 2 amide bonds. The second kappa shape index (κ2) is 12.7. The van der Waals surface area contributed by atoms with Crippen molar-refractivity contribution in [1.82, 2.24) is 10.2 Å². The van der Waals surface area contributed by atoms with Gasteiger partial charge in [0.1, 0.15) is 23.4 Å². The minimum absolute atomic E-state index is 0.153. The number of nitrogens with zero attached hydrogens (tertiary/aromatic N) is 1. The molecule has 1 unspecified atom stereocenters. The highest BCUT2D eigenvalue weighted by Crippen LogP contribution is 2.18. The van der Waals surface area contributed by atoms with Crippen LogP contribution in [-0.2, 0) is 16.1 Å². The molecule has 6 nitrogen and oxygen atoms in total. The summed E-state index contributed by atoms with van der Waals surface area (Å²) in [5.74, 6) is 1.05. The summed E-state index contributed by atoms with van der Waals surface area (Å²) in [4.78, 5) is 27.1. The number of nitrogens with one attached hydrogen (secondary N) is 1. The van der Waals surface area contributed by atoms with E-state index in [1.54, 1.807) is 26.2 Å². The van der Waals surface area contributed by atoms with Crippen LogP contribution in [-0.4, -0.2) is 43.0 Å². The predicted octanol–water partition coefficient (Wildman–Crippen LogP) is 4.18. The first-order valence-electron chi connectivity index (χ1n) is 10.9. The van der Waals surface area contributed by atoms with Crippen molar-refractivity contribution in [2.24, 2.45) is 5.92 Å². The SMILES string of the molecule is COc1ccc(OCCCC(=O)N(Cc2ccc(F)cc2)C(C)C(=O)NCC(C)C)cc1. The molecule has 0 aliphatic rings. The van der Waals surface area contributed by atoms with Crippen LogP contribution in [0, 0.1) is 11.7 Å². The highest BCUT2D eigenvalue weighted by molar-refractivity contribution is 5.87. The zero-order chi connectivity index (χ0) is 23.5. The van der Waals surface area contributed by atoms with E-state index in [1.165, 1.54) is 17.0 Å². The van der Waals surface area contributed by atoms with Crippen LogP contribution in [0.1, 0.15) is 39.2 Å². The zero-order valence-corrected chi connectivity index (χ0v) is 19.3. The zero-order valence-electron chi connectivity index (χ0n) is 19.3. The highest BCUT2D eigenvalue weighted by atomic mass is 19.1. The fourth-order valence-electron chi connectivity index (χ4n) is 3.05. The van der Waals surface area contributed by atoms with Crippen molar-refractivity contribution in [3.63, 3.8) is 0 Å². The van der Waals surface area contributed by atoms with Crippen LogP contribution in [0.15, 0.2) is 48.5 Å². The predicted molar refractivity (Wildman–Crippen MR) is 122 cm³/mol. The van der Waals surface area contributed by atoms with Gasteiger partial charge in [-0.1, -0.05) is 26.0 Å². The van der Waals surface area contributed by atoms with Crippen LogP contribution in [0.2, 0.25) is 0 Å². The van der Waals surface area contributed by atoms with E-state index >= 15 is 0 Å². The average molecular weight is 445 g/mol. The molecule has 0 heterocycles. The first kappa shape index (κ1) is 25.2. The maximum absolute atomic E-state index is 13.3. The molecule has 2 aromatic carbocycles. The lowest BCUT2D eigenvalue weighted by molar-refractivity contribution is -0.140. The summed E-state index contributed by atoms with van der Waals surface area (Å²) < 4.78 is 24.1. The summed E-state index contributed by atoms with van der Waals surface area (Å²) in [7, 11) is 1.60. The molecule has 1 N–H and O–H groups in total. The number of amides is 2.